The van der Waals surface area contributed by atoms with Crippen molar-refractivity contribution in [3.05, 3.63) is 102 Å². The summed E-state index contributed by atoms with van der Waals surface area (Å²) in [5.74, 6) is 0.0571. The fraction of sp³-hybridized carbons (Fsp3) is 0.167. The van der Waals surface area contributed by atoms with Crippen molar-refractivity contribution in [3.8, 4) is 5.75 Å². The molecule has 0 heterocycles. The minimum atomic E-state index is -0.222. The van der Waals surface area contributed by atoms with Crippen LogP contribution in [0.15, 0.2) is 84.9 Å². The van der Waals surface area contributed by atoms with Crippen LogP contribution in [0.25, 0.3) is 0 Å². The molecule has 0 spiro atoms. The highest BCUT2D eigenvalue weighted by Crippen LogP contribution is 2.14. The summed E-state index contributed by atoms with van der Waals surface area (Å²) in [6.07, 6.45) is 0. The van der Waals surface area contributed by atoms with Crippen molar-refractivity contribution >= 4 is 11.8 Å². The largest absolute Gasteiger partial charge is 0.484 e. The van der Waals surface area contributed by atoms with Gasteiger partial charge in [0, 0.05) is 12.1 Å². The summed E-state index contributed by atoms with van der Waals surface area (Å²) in [6.45, 7) is 2.25. The summed E-state index contributed by atoms with van der Waals surface area (Å²) in [7, 11) is 0. The van der Waals surface area contributed by atoms with E-state index in [9.17, 15) is 9.59 Å². The van der Waals surface area contributed by atoms with Crippen LogP contribution in [0.3, 0.4) is 0 Å². The molecular weight excluding hydrogens is 364 g/mol. The van der Waals surface area contributed by atoms with E-state index in [1.54, 1.807) is 24.3 Å². The summed E-state index contributed by atoms with van der Waals surface area (Å²) in [5.41, 5.74) is 2.53. The number of rotatable bonds is 8. The average molecular weight is 388 g/mol. The van der Waals surface area contributed by atoms with Crippen LogP contribution in [-0.2, 0) is 11.3 Å². The second-order valence-electron chi connectivity index (χ2n) is 6.68. The zero-order valence-electron chi connectivity index (χ0n) is 16.3. The van der Waals surface area contributed by atoms with Gasteiger partial charge in [0.2, 0.25) is 0 Å². The van der Waals surface area contributed by atoms with Gasteiger partial charge in [0.05, 0.1) is 6.04 Å². The molecule has 29 heavy (non-hydrogen) atoms. The maximum Gasteiger partial charge on any atom is 0.258 e. The maximum absolute atomic E-state index is 12.4. The van der Waals surface area contributed by atoms with Gasteiger partial charge in [0.25, 0.3) is 11.8 Å². The van der Waals surface area contributed by atoms with Crippen LogP contribution in [0.1, 0.15) is 34.5 Å². The summed E-state index contributed by atoms with van der Waals surface area (Å²) in [5, 5.41) is 5.78. The number of carbonyl (C=O) groups excluding carboxylic acids is 2. The molecule has 0 radical (unpaired) electrons. The Labute approximate surface area is 170 Å². The molecule has 1 atom stereocenters. The monoisotopic (exact) mass is 388 g/mol. The normalized spacial score (nSPS) is 11.3. The van der Waals surface area contributed by atoms with Gasteiger partial charge in [-0.1, -0.05) is 66.7 Å². The lowest BCUT2D eigenvalue weighted by Gasteiger charge is -2.15. The van der Waals surface area contributed by atoms with Crippen molar-refractivity contribution in [1.29, 1.82) is 0 Å². The van der Waals surface area contributed by atoms with Gasteiger partial charge in [-0.05, 0) is 36.2 Å². The Balaban J connectivity index is 1.50. The summed E-state index contributed by atoms with van der Waals surface area (Å²) < 4.78 is 5.57. The average Bonchev–Trinajstić information content (AvgIpc) is 2.77. The van der Waals surface area contributed by atoms with E-state index in [4.69, 9.17) is 4.74 Å². The molecule has 0 aliphatic carbocycles. The van der Waals surface area contributed by atoms with Crippen molar-refractivity contribution in [2.24, 2.45) is 0 Å². The van der Waals surface area contributed by atoms with Crippen LogP contribution in [-0.4, -0.2) is 18.4 Å². The quantitative estimate of drug-likeness (QED) is 0.616. The lowest BCUT2D eigenvalue weighted by molar-refractivity contribution is -0.123. The second-order valence-corrected chi connectivity index (χ2v) is 6.68. The molecule has 0 aliphatic rings. The summed E-state index contributed by atoms with van der Waals surface area (Å²) >= 11 is 0. The first-order valence-corrected chi connectivity index (χ1v) is 9.51. The molecule has 5 heteroatoms. The van der Waals surface area contributed by atoms with Crippen molar-refractivity contribution in [2.75, 3.05) is 6.61 Å². The Morgan fingerprint density at radius 2 is 1.59 bits per heavy atom. The van der Waals surface area contributed by atoms with Crippen LogP contribution in [0.2, 0.25) is 0 Å². The fourth-order valence-electron chi connectivity index (χ4n) is 2.86. The number of hydrogen-bond donors (Lipinski definition) is 2. The van der Waals surface area contributed by atoms with Gasteiger partial charge in [0.1, 0.15) is 5.75 Å². The van der Waals surface area contributed by atoms with Gasteiger partial charge >= 0.3 is 0 Å². The van der Waals surface area contributed by atoms with E-state index in [0.29, 0.717) is 17.9 Å². The summed E-state index contributed by atoms with van der Waals surface area (Å²) in [6, 6.07) is 26.1. The topological polar surface area (TPSA) is 67.4 Å². The number of amides is 2. The first kappa shape index (κ1) is 20.1. The van der Waals surface area contributed by atoms with Crippen molar-refractivity contribution in [3.63, 3.8) is 0 Å². The summed E-state index contributed by atoms with van der Waals surface area (Å²) in [4.78, 5) is 24.5. The molecule has 3 aromatic rings. The lowest BCUT2D eigenvalue weighted by atomic mass is 10.1. The Bertz CT molecular complexity index is 943. The highest BCUT2D eigenvalue weighted by atomic mass is 16.5. The molecule has 0 fully saturated rings. The third-order valence-electron chi connectivity index (χ3n) is 4.44. The first-order chi connectivity index (χ1) is 14.1. The molecule has 3 aromatic carbocycles. The van der Waals surface area contributed by atoms with E-state index in [-0.39, 0.29) is 24.5 Å². The number of ether oxygens (including phenoxy) is 1. The SMILES string of the molecule is C[C@H](NC(=O)COc1cccc(C(=O)NCc2ccccc2)c1)c1ccccc1. The maximum atomic E-state index is 12.4. The molecule has 0 aliphatic heterocycles. The highest BCUT2D eigenvalue weighted by Gasteiger charge is 2.11. The van der Waals surface area contributed by atoms with Crippen LogP contribution < -0.4 is 15.4 Å². The Kier molecular flexibility index (Phi) is 7.00. The van der Waals surface area contributed by atoms with Crippen molar-refractivity contribution in [1.82, 2.24) is 10.6 Å². The zero-order valence-corrected chi connectivity index (χ0v) is 16.3. The predicted octanol–water partition coefficient (Wildman–Crippen LogP) is 3.87. The van der Waals surface area contributed by atoms with E-state index in [0.717, 1.165) is 11.1 Å². The van der Waals surface area contributed by atoms with Gasteiger partial charge in [-0.2, -0.15) is 0 Å². The highest BCUT2D eigenvalue weighted by molar-refractivity contribution is 5.94. The molecule has 2 N–H and O–H groups in total. The molecule has 3 rings (SSSR count). The minimum absolute atomic E-state index is 0.109. The minimum Gasteiger partial charge on any atom is -0.484 e. The number of carbonyl (C=O) groups is 2. The van der Waals surface area contributed by atoms with E-state index in [1.165, 1.54) is 0 Å². The van der Waals surface area contributed by atoms with Crippen LogP contribution in [0.5, 0.6) is 5.75 Å². The third kappa shape index (κ3) is 6.21. The van der Waals surface area contributed by atoms with Crippen molar-refractivity contribution in [2.45, 2.75) is 19.5 Å². The van der Waals surface area contributed by atoms with Gasteiger partial charge < -0.3 is 15.4 Å². The van der Waals surface area contributed by atoms with E-state index >= 15 is 0 Å². The lowest BCUT2D eigenvalue weighted by Crippen LogP contribution is -2.31. The van der Waals surface area contributed by atoms with Crippen LogP contribution >= 0.6 is 0 Å². The number of nitrogens with one attached hydrogen (secondary N) is 2. The molecule has 0 bridgehead atoms. The molecule has 148 valence electrons. The molecular formula is C24H24N2O3. The Morgan fingerprint density at radius 3 is 2.31 bits per heavy atom. The Morgan fingerprint density at radius 1 is 0.897 bits per heavy atom. The van der Waals surface area contributed by atoms with Gasteiger partial charge in [-0.25, -0.2) is 0 Å². The molecule has 0 unspecified atom stereocenters. The molecule has 0 aromatic heterocycles. The first-order valence-electron chi connectivity index (χ1n) is 9.51. The standard InChI is InChI=1S/C24H24N2O3/c1-18(20-11-6-3-7-12-20)26-23(27)17-29-22-14-8-13-21(15-22)24(28)25-16-19-9-4-2-5-10-19/h2-15,18H,16-17H2,1H3,(H,25,28)(H,26,27)/t18-/m0/s1. The van der Waals surface area contributed by atoms with Crippen LogP contribution in [0.4, 0.5) is 0 Å². The van der Waals surface area contributed by atoms with E-state index in [2.05, 4.69) is 10.6 Å². The van der Waals surface area contributed by atoms with Crippen molar-refractivity contribution < 1.29 is 14.3 Å². The third-order valence-corrected chi connectivity index (χ3v) is 4.44. The molecule has 0 saturated heterocycles. The van der Waals surface area contributed by atoms with Gasteiger partial charge in [-0.15, -0.1) is 0 Å². The molecule has 5 nitrogen and oxygen atoms in total. The van der Waals surface area contributed by atoms with E-state index in [1.807, 2.05) is 67.6 Å². The van der Waals surface area contributed by atoms with Gasteiger partial charge in [-0.3, -0.25) is 9.59 Å². The smallest absolute Gasteiger partial charge is 0.258 e. The van der Waals surface area contributed by atoms with E-state index < -0.39 is 0 Å². The molecule has 0 saturated carbocycles. The van der Waals surface area contributed by atoms with Gasteiger partial charge in [0.15, 0.2) is 6.61 Å². The van der Waals surface area contributed by atoms with Crippen LogP contribution in [0, 0.1) is 0 Å². The predicted molar refractivity (Wildman–Crippen MR) is 113 cm³/mol. The Hall–Kier alpha value is -3.60. The number of hydrogen-bond acceptors (Lipinski definition) is 3. The fourth-order valence-corrected chi connectivity index (χ4v) is 2.86. The number of benzene rings is 3. The second kappa shape index (κ2) is 10.1. The molecule has 2 amide bonds. The zero-order chi connectivity index (χ0) is 20.5.